The van der Waals surface area contributed by atoms with Gasteiger partial charge in [-0.15, -0.1) is 10.2 Å². The summed E-state index contributed by atoms with van der Waals surface area (Å²) in [6.07, 6.45) is 1.59. The third kappa shape index (κ3) is 2.77. The van der Waals surface area contributed by atoms with Crippen LogP contribution in [0, 0.1) is 42.9 Å². The van der Waals surface area contributed by atoms with Crippen molar-refractivity contribution >= 4 is 6.21 Å². The Bertz CT molecular complexity index is 961. The molecule has 0 saturated carbocycles. The number of hydrogen-bond donors (Lipinski definition) is 0. The molecule has 6 nitrogen and oxygen atoms in total. The van der Waals surface area contributed by atoms with Crippen LogP contribution in [0.3, 0.4) is 0 Å². The van der Waals surface area contributed by atoms with E-state index in [9.17, 15) is 22.0 Å². The number of halogens is 5. The van der Waals surface area contributed by atoms with Gasteiger partial charge in [-0.3, -0.25) is 0 Å². The Morgan fingerprint density at radius 2 is 1.56 bits per heavy atom. The van der Waals surface area contributed by atoms with Crippen LogP contribution in [-0.2, 0) is 0 Å². The molecule has 0 saturated heterocycles. The topological polar surface area (TPSA) is 60.9 Å². The molecule has 0 bridgehead atoms. The molecule has 3 rings (SSSR count). The van der Waals surface area contributed by atoms with E-state index in [1.807, 2.05) is 0 Å². The van der Waals surface area contributed by atoms with Gasteiger partial charge in [-0.05, 0) is 19.9 Å². The Kier molecular flexibility index (Phi) is 4.07. The van der Waals surface area contributed by atoms with E-state index in [2.05, 4.69) is 20.4 Å². The summed E-state index contributed by atoms with van der Waals surface area (Å²) in [6, 6.07) is 1.74. The molecule has 0 aliphatic heterocycles. The maximum Gasteiger partial charge on any atom is 0.273 e. The van der Waals surface area contributed by atoms with Crippen molar-refractivity contribution < 1.29 is 22.0 Å². The van der Waals surface area contributed by atoms with Crippen molar-refractivity contribution in [1.29, 1.82) is 0 Å². The number of aromatic nitrogens is 5. The summed E-state index contributed by atoms with van der Waals surface area (Å²) in [5.41, 5.74) is 0.179. The van der Waals surface area contributed by atoms with Gasteiger partial charge >= 0.3 is 0 Å². The largest absolute Gasteiger partial charge is 0.273 e. The fourth-order valence-electron chi connectivity index (χ4n) is 2.13. The standard InChI is InChI=1S/C14H9F5N6/c1-6-3-7(2)25(23-6)14-22-20-5-24(14)21-4-8-9(15)11(17)13(19)12(18)10(8)16/h3-5H,1-2H3/b21-4-. The predicted molar refractivity (Wildman–Crippen MR) is 75.8 cm³/mol. The first-order valence-electron chi connectivity index (χ1n) is 6.80. The van der Waals surface area contributed by atoms with Crippen molar-refractivity contribution in [3.8, 4) is 5.95 Å². The average Bonchev–Trinajstić information content (AvgIpc) is 3.16. The van der Waals surface area contributed by atoms with Crippen LogP contribution in [0.2, 0.25) is 0 Å². The van der Waals surface area contributed by atoms with E-state index in [0.717, 1.165) is 11.0 Å². The normalized spacial score (nSPS) is 11.6. The summed E-state index contributed by atoms with van der Waals surface area (Å²) in [7, 11) is 0. The van der Waals surface area contributed by atoms with E-state index in [1.54, 1.807) is 19.9 Å². The van der Waals surface area contributed by atoms with Crippen LogP contribution in [0.15, 0.2) is 17.5 Å². The second-order valence-electron chi connectivity index (χ2n) is 5.04. The quantitative estimate of drug-likeness (QED) is 0.314. The van der Waals surface area contributed by atoms with Gasteiger partial charge in [0, 0.05) is 5.69 Å². The van der Waals surface area contributed by atoms with Gasteiger partial charge in [0.1, 0.15) is 6.33 Å². The lowest BCUT2D eigenvalue weighted by atomic mass is 10.2. The Labute approximate surface area is 137 Å². The summed E-state index contributed by atoms with van der Waals surface area (Å²) in [4.78, 5) is 0. The van der Waals surface area contributed by atoms with Crippen LogP contribution in [-0.4, -0.2) is 30.9 Å². The maximum atomic E-state index is 13.7. The van der Waals surface area contributed by atoms with Crippen molar-refractivity contribution in [3.63, 3.8) is 0 Å². The molecule has 130 valence electrons. The minimum atomic E-state index is -2.24. The number of hydrogen-bond acceptors (Lipinski definition) is 4. The lowest BCUT2D eigenvalue weighted by Crippen LogP contribution is -2.09. The molecular formula is C14H9F5N6. The highest BCUT2D eigenvalue weighted by Crippen LogP contribution is 2.21. The monoisotopic (exact) mass is 356 g/mol. The third-order valence-corrected chi connectivity index (χ3v) is 3.27. The zero-order chi connectivity index (χ0) is 18.3. The zero-order valence-electron chi connectivity index (χ0n) is 12.8. The Hall–Kier alpha value is -3.11. The number of benzene rings is 1. The lowest BCUT2D eigenvalue weighted by Gasteiger charge is -2.05. The second kappa shape index (κ2) is 6.07. The van der Waals surface area contributed by atoms with E-state index in [0.29, 0.717) is 17.6 Å². The number of nitrogens with zero attached hydrogens (tertiary/aromatic N) is 6. The molecular weight excluding hydrogens is 347 g/mol. The van der Waals surface area contributed by atoms with E-state index in [-0.39, 0.29) is 5.95 Å². The molecule has 3 aromatic rings. The lowest BCUT2D eigenvalue weighted by molar-refractivity contribution is 0.377. The van der Waals surface area contributed by atoms with Gasteiger partial charge < -0.3 is 0 Å². The summed E-state index contributed by atoms with van der Waals surface area (Å²) in [5.74, 6) is -10.2. The Morgan fingerprint density at radius 3 is 2.12 bits per heavy atom. The fraction of sp³-hybridized carbons (Fsp3) is 0.143. The highest BCUT2D eigenvalue weighted by atomic mass is 19.2. The Morgan fingerprint density at radius 1 is 0.960 bits per heavy atom. The van der Waals surface area contributed by atoms with Gasteiger partial charge in [-0.25, -0.2) is 26.6 Å². The van der Waals surface area contributed by atoms with Crippen molar-refractivity contribution in [2.45, 2.75) is 13.8 Å². The van der Waals surface area contributed by atoms with Crippen LogP contribution in [0.5, 0.6) is 0 Å². The molecule has 0 N–H and O–H groups in total. The molecule has 0 atom stereocenters. The zero-order valence-corrected chi connectivity index (χ0v) is 12.8. The highest BCUT2D eigenvalue weighted by Gasteiger charge is 2.24. The second-order valence-corrected chi connectivity index (χ2v) is 5.04. The van der Waals surface area contributed by atoms with Gasteiger partial charge in [0.25, 0.3) is 5.95 Å². The highest BCUT2D eigenvalue weighted by molar-refractivity contribution is 5.80. The molecule has 0 radical (unpaired) electrons. The molecule has 0 aliphatic carbocycles. The average molecular weight is 356 g/mol. The van der Waals surface area contributed by atoms with Gasteiger partial charge in [0.05, 0.1) is 17.5 Å². The van der Waals surface area contributed by atoms with E-state index >= 15 is 0 Å². The minimum absolute atomic E-state index is 0.0747. The molecule has 11 heteroatoms. The molecule has 2 aromatic heterocycles. The summed E-state index contributed by atoms with van der Waals surface area (Å²) in [5, 5.41) is 15.2. The molecule has 2 heterocycles. The van der Waals surface area contributed by atoms with Gasteiger partial charge in [0.15, 0.2) is 23.3 Å². The van der Waals surface area contributed by atoms with Crippen molar-refractivity contribution in [2.75, 3.05) is 0 Å². The van der Waals surface area contributed by atoms with Crippen molar-refractivity contribution in [2.24, 2.45) is 5.10 Å². The molecule has 0 unspecified atom stereocenters. The third-order valence-electron chi connectivity index (χ3n) is 3.27. The molecule has 1 aromatic carbocycles. The number of aryl methyl sites for hydroxylation is 2. The molecule has 0 aliphatic rings. The van der Waals surface area contributed by atoms with Crippen LogP contribution >= 0.6 is 0 Å². The summed E-state index contributed by atoms with van der Waals surface area (Å²) in [6.45, 7) is 3.47. The SMILES string of the molecule is Cc1cc(C)n(-c2nncn2/N=C\c2c(F)c(F)c(F)c(F)c2F)n1. The van der Waals surface area contributed by atoms with Gasteiger partial charge in [0.2, 0.25) is 5.82 Å². The van der Waals surface area contributed by atoms with E-state index in [4.69, 9.17) is 0 Å². The molecule has 25 heavy (non-hydrogen) atoms. The van der Waals surface area contributed by atoms with Crippen LogP contribution < -0.4 is 0 Å². The fourth-order valence-corrected chi connectivity index (χ4v) is 2.13. The maximum absolute atomic E-state index is 13.7. The minimum Gasteiger partial charge on any atom is -0.203 e. The Balaban J connectivity index is 2.06. The first-order chi connectivity index (χ1) is 11.8. The number of rotatable bonds is 3. The first-order valence-corrected chi connectivity index (χ1v) is 6.80. The summed E-state index contributed by atoms with van der Waals surface area (Å²) >= 11 is 0. The van der Waals surface area contributed by atoms with E-state index < -0.39 is 34.6 Å². The van der Waals surface area contributed by atoms with Crippen LogP contribution in [0.25, 0.3) is 5.95 Å². The van der Waals surface area contributed by atoms with Crippen molar-refractivity contribution in [1.82, 2.24) is 24.7 Å². The van der Waals surface area contributed by atoms with E-state index in [1.165, 1.54) is 4.68 Å². The molecule has 0 amide bonds. The molecule has 0 spiro atoms. The predicted octanol–water partition coefficient (Wildman–Crippen LogP) is 2.66. The smallest absolute Gasteiger partial charge is 0.203 e. The van der Waals surface area contributed by atoms with Gasteiger partial charge in [-0.1, -0.05) is 0 Å². The summed E-state index contributed by atoms with van der Waals surface area (Å²) < 4.78 is 69.1. The first kappa shape index (κ1) is 16.7. The van der Waals surface area contributed by atoms with Crippen LogP contribution in [0.4, 0.5) is 22.0 Å². The molecule has 0 fully saturated rings. The van der Waals surface area contributed by atoms with Crippen LogP contribution in [0.1, 0.15) is 17.0 Å². The van der Waals surface area contributed by atoms with Crippen molar-refractivity contribution in [3.05, 3.63) is 58.4 Å². The van der Waals surface area contributed by atoms with Gasteiger partial charge in [-0.2, -0.15) is 14.9 Å².